The first-order chi connectivity index (χ1) is 12.7. The largest absolute Gasteiger partial charge is 0.490 e. The lowest BCUT2D eigenvalue weighted by Crippen LogP contribution is -2.28. The SMILES string of the molecule is CC(C)(O)COc1cc(S(=O)(=O)c2cccc(F)c2)ccc1[C@@H]1CCNC1. The van der Waals surface area contributed by atoms with Crippen LogP contribution in [0.5, 0.6) is 5.75 Å². The summed E-state index contributed by atoms with van der Waals surface area (Å²) in [5, 5.41) is 13.3. The fourth-order valence-corrected chi connectivity index (χ4v) is 4.40. The summed E-state index contributed by atoms with van der Waals surface area (Å²) in [6, 6.07) is 9.69. The molecule has 0 spiro atoms. The van der Waals surface area contributed by atoms with Crippen LogP contribution in [0.25, 0.3) is 0 Å². The number of aliphatic hydroxyl groups is 1. The van der Waals surface area contributed by atoms with Crippen LogP contribution in [0.3, 0.4) is 0 Å². The molecule has 0 bridgehead atoms. The Bertz CT molecular complexity index is 916. The van der Waals surface area contributed by atoms with Crippen LogP contribution >= 0.6 is 0 Å². The van der Waals surface area contributed by atoms with E-state index in [1.54, 1.807) is 19.9 Å². The highest BCUT2D eigenvalue weighted by Gasteiger charge is 2.25. The van der Waals surface area contributed by atoms with Crippen molar-refractivity contribution < 1.29 is 22.7 Å². The lowest BCUT2D eigenvalue weighted by atomic mass is 9.97. The average molecular weight is 393 g/mol. The molecule has 1 aliphatic rings. The second-order valence-electron chi connectivity index (χ2n) is 7.45. The number of rotatable bonds is 6. The van der Waals surface area contributed by atoms with Crippen molar-refractivity contribution in [1.82, 2.24) is 5.32 Å². The molecule has 2 aromatic rings. The van der Waals surface area contributed by atoms with Crippen LogP contribution in [-0.2, 0) is 9.84 Å². The normalized spacial score (nSPS) is 17.9. The Morgan fingerprint density at radius 3 is 2.59 bits per heavy atom. The molecule has 2 aromatic carbocycles. The van der Waals surface area contributed by atoms with Gasteiger partial charge in [-0.3, -0.25) is 0 Å². The van der Waals surface area contributed by atoms with Crippen LogP contribution in [0.4, 0.5) is 4.39 Å². The fraction of sp³-hybridized carbons (Fsp3) is 0.400. The Kier molecular flexibility index (Phi) is 5.55. The highest BCUT2D eigenvalue weighted by Crippen LogP contribution is 2.34. The number of ether oxygens (including phenoxy) is 1. The zero-order valence-electron chi connectivity index (χ0n) is 15.4. The molecule has 1 heterocycles. The number of nitrogens with one attached hydrogen (secondary N) is 1. The van der Waals surface area contributed by atoms with Crippen LogP contribution in [0.15, 0.2) is 52.3 Å². The van der Waals surface area contributed by atoms with E-state index in [9.17, 15) is 17.9 Å². The maximum Gasteiger partial charge on any atom is 0.206 e. The second-order valence-corrected chi connectivity index (χ2v) is 9.40. The van der Waals surface area contributed by atoms with Gasteiger partial charge in [0.2, 0.25) is 9.84 Å². The van der Waals surface area contributed by atoms with Gasteiger partial charge in [0, 0.05) is 12.5 Å². The number of hydrogen-bond acceptors (Lipinski definition) is 5. The molecule has 3 rings (SSSR count). The van der Waals surface area contributed by atoms with Gasteiger partial charge in [0.1, 0.15) is 18.2 Å². The van der Waals surface area contributed by atoms with Crippen molar-refractivity contribution in [2.45, 2.75) is 41.6 Å². The molecular weight excluding hydrogens is 369 g/mol. The van der Waals surface area contributed by atoms with Gasteiger partial charge < -0.3 is 15.2 Å². The molecule has 0 radical (unpaired) electrons. The van der Waals surface area contributed by atoms with Gasteiger partial charge in [-0.15, -0.1) is 0 Å². The van der Waals surface area contributed by atoms with Gasteiger partial charge >= 0.3 is 0 Å². The van der Waals surface area contributed by atoms with E-state index in [4.69, 9.17) is 4.74 Å². The first-order valence-electron chi connectivity index (χ1n) is 8.87. The molecule has 27 heavy (non-hydrogen) atoms. The van der Waals surface area contributed by atoms with Gasteiger partial charge in [-0.05, 0) is 62.7 Å². The van der Waals surface area contributed by atoms with Gasteiger partial charge in [0.15, 0.2) is 0 Å². The molecule has 0 saturated carbocycles. The molecule has 1 atom stereocenters. The Balaban J connectivity index is 2.01. The quantitative estimate of drug-likeness (QED) is 0.789. The number of sulfone groups is 1. The second kappa shape index (κ2) is 7.58. The van der Waals surface area contributed by atoms with Gasteiger partial charge in [-0.25, -0.2) is 12.8 Å². The summed E-state index contributed by atoms with van der Waals surface area (Å²) in [4.78, 5) is -0.0697. The summed E-state index contributed by atoms with van der Waals surface area (Å²) in [6.45, 7) is 4.95. The molecular formula is C20H24FNO4S. The minimum atomic E-state index is -3.88. The zero-order chi connectivity index (χ0) is 19.7. The highest BCUT2D eigenvalue weighted by atomic mass is 32.2. The third-order valence-electron chi connectivity index (χ3n) is 4.48. The third kappa shape index (κ3) is 4.66. The van der Waals surface area contributed by atoms with Crippen LogP contribution in [0.1, 0.15) is 31.7 Å². The molecule has 146 valence electrons. The summed E-state index contributed by atoms with van der Waals surface area (Å²) < 4.78 is 45.1. The third-order valence-corrected chi connectivity index (χ3v) is 6.23. The Labute approximate surface area is 159 Å². The summed E-state index contributed by atoms with van der Waals surface area (Å²) >= 11 is 0. The van der Waals surface area contributed by atoms with Crippen molar-refractivity contribution in [3.63, 3.8) is 0 Å². The van der Waals surface area contributed by atoms with E-state index in [0.29, 0.717) is 5.75 Å². The lowest BCUT2D eigenvalue weighted by molar-refractivity contribution is 0.0280. The van der Waals surface area contributed by atoms with Crippen molar-refractivity contribution in [1.29, 1.82) is 0 Å². The van der Waals surface area contributed by atoms with E-state index >= 15 is 0 Å². The monoisotopic (exact) mass is 393 g/mol. The van der Waals surface area contributed by atoms with Crippen molar-refractivity contribution >= 4 is 9.84 Å². The van der Waals surface area contributed by atoms with E-state index in [-0.39, 0.29) is 22.3 Å². The van der Waals surface area contributed by atoms with E-state index in [1.807, 2.05) is 0 Å². The minimum absolute atomic E-state index is 0.0314. The van der Waals surface area contributed by atoms with Crippen molar-refractivity contribution in [2.24, 2.45) is 0 Å². The number of halogens is 1. The van der Waals surface area contributed by atoms with Crippen molar-refractivity contribution in [3.8, 4) is 5.75 Å². The first-order valence-corrected chi connectivity index (χ1v) is 10.4. The van der Waals surface area contributed by atoms with Crippen LogP contribution in [0, 0.1) is 5.82 Å². The topological polar surface area (TPSA) is 75.6 Å². The zero-order valence-corrected chi connectivity index (χ0v) is 16.2. The molecule has 7 heteroatoms. The van der Waals surface area contributed by atoms with Gasteiger partial charge in [0.05, 0.1) is 15.4 Å². The smallest absolute Gasteiger partial charge is 0.206 e. The molecule has 1 aliphatic heterocycles. The van der Waals surface area contributed by atoms with Gasteiger partial charge in [-0.1, -0.05) is 12.1 Å². The lowest BCUT2D eigenvalue weighted by Gasteiger charge is -2.22. The summed E-state index contributed by atoms with van der Waals surface area (Å²) in [5.41, 5.74) is -0.148. The maximum atomic E-state index is 13.5. The number of hydrogen-bond donors (Lipinski definition) is 2. The van der Waals surface area contributed by atoms with E-state index in [0.717, 1.165) is 31.1 Å². The number of benzene rings is 2. The average Bonchev–Trinajstić information content (AvgIpc) is 3.13. The van der Waals surface area contributed by atoms with E-state index in [2.05, 4.69) is 5.32 Å². The van der Waals surface area contributed by atoms with Crippen molar-refractivity contribution in [3.05, 3.63) is 53.8 Å². The maximum absolute atomic E-state index is 13.5. The fourth-order valence-electron chi connectivity index (χ4n) is 3.09. The molecule has 0 unspecified atom stereocenters. The molecule has 2 N–H and O–H groups in total. The molecule has 1 fully saturated rings. The van der Waals surface area contributed by atoms with Gasteiger partial charge in [-0.2, -0.15) is 0 Å². The van der Waals surface area contributed by atoms with E-state index in [1.165, 1.54) is 30.3 Å². The highest BCUT2D eigenvalue weighted by molar-refractivity contribution is 7.91. The predicted octanol–water partition coefficient (Wildman–Crippen LogP) is 2.89. The minimum Gasteiger partial charge on any atom is -0.490 e. The summed E-state index contributed by atoms with van der Waals surface area (Å²) in [6.07, 6.45) is 0.925. The Hall–Kier alpha value is -1.96. The van der Waals surface area contributed by atoms with E-state index < -0.39 is 21.3 Å². The Morgan fingerprint density at radius 1 is 1.22 bits per heavy atom. The molecule has 0 amide bonds. The van der Waals surface area contributed by atoms with Gasteiger partial charge in [0.25, 0.3) is 0 Å². The Morgan fingerprint density at radius 2 is 1.96 bits per heavy atom. The first kappa shape index (κ1) is 19.8. The summed E-state index contributed by atoms with van der Waals surface area (Å²) in [5.74, 6) is 0.0410. The molecule has 1 saturated heterocycles. The molecule has 0 aliphatic carbocycles. The molecule has 0 aromatic heterocycles. The predicted molar refractivity (Wildman–Crippen MR) is 100 cm³/mol. The summed E-state index contributed by atoms with van der Waals surface area (Å²) in [7, 11) is -3.88. The standard InChI is InChI=1S/C20H24FNO4S/c1-20(2,23)13-26-19-11-17(6-7-18(19)14-8-9-22-12-14)27(24,25)16-5-3-4-15(21)10-16/h3-7,10-11,14,22-23H,8-9,12-13H2,1-2H3/t14-/m1/s1. The van der Waals surface area contributed by atoms with Crippen LogP contribution in [0.2, 0.25) is 0 Å². The van der Waals surface area contributed by atoms with Crippen LogP contribution in [-0.4, -0.2) is 38.8 Å². The van der Waals surface area contributed by atoms with Crippen molar-refractivity contribution in [2.75, 3.05) is 19.7 Å². The van der Waals surface area contributed by atoms with Crippen LogP contribution < -0.4 is 10.1 Å². The molecule has 5 nitrogen and oxygen atoms in total.